The summed E-state index contributed by atoms with van der Waals surface area (Å²) in [5.74, 6) is -4.66. The summed E-state index contributed by atoms with van der Waals surface area (Å²) >= 11 is 11.7. The molecule has 24 heteroatoms. The van der Waals surface area contributed by atoms with Crippen LogP contribution in [-0.2, 0) is 62.6 Å². The lowest BCUT2D eigenvalue weighted by molar-refractivity contribution is -0.143. The van der Waals surface area contributed by atoms with Crippen LogP contribution in [0.3, 0.4) is 0 Å². The van der Waals surface area contributed by atoms with Crippen molar-refractivity contribution < 1.29 is 80.4 Å². The second-order valence-corrected chi connectivity index (χ2v) is 20.9. The molecule has 7 N–H and O–H groups in total. The molecule has 1 aliphatic rings. The molecular formula is C51H82Cl2N4O17S. The third-order valence-electron chi connectivity index (χ3n) is 12.4. The van der Waals surface area contributed by atoms with Gasteiger partial charge in [-0.1, -0.05) is 113 Å². The van der Waals surface area contributed by atoms with E-state index in [9.17, 15) is 51.6 Å². The summed E-state index contributed by atoms with van der Waals surface area (Å²) in [5.41, 5.74) is 0. The molecule has 2 rings (SSSR count). The van der Waals surface area contributed by atoms with Gasteiger partial charge in [-0.15, -0.1) is 0 Å². The maximum absolute atomic E-state index is 13.0. The lowest BCUT2D eigenvalue weighted by Gasteiger charge is -2.28. The van der Waals surface area contributed by atoms with Gasteiger partial charge in [0.05, 0.1) is 44.7 Å². The molecule has 0 saturated heterocycles. The summed E-state index contributed by atoms with van der Waals surface area (Å²) < 4.78 is 58.6. The number of ether oxygens (including phenoxy) is 5. The minimum absolute atomic E-state index is 0.0395. The lowest BCUT2D eigenvalue weighted by atomic mass is 9.81. The van der Waals surface area contributed by atoms with Gasteiger partial charge in [-0.3, -0.25) is 28.5 Å². The van der Waals surface area contributed by atoms with Gasteiger partial charge >= 0.3 is 17.9 Å². The largest absolute Gasteiger partial charge is 0.481 e. The smallest absolute Gasteiger partial charge is 0.337 e. The average molecular weight is 1130 g/mol. The van der Waals surface area contributed by atoms with Crippen LogP contribution in [-0.4, -0.2) is 143 Å². The van der Waals surface area contributed by atoms with Gasteiger partial charge in [0.1, 0.15) is 24.2 Å². The highest BCUT2D eigenvalue weighted by molar-refractivity contribution is 7.86. The number of esters is 1. The number of carboxylic acids is 2. The van der Waals surface area contributed by atoms with E-state index >= 15 is 0 Å². The van der Waals surface area contributed by atoms with E-state index in [-0.39, 0.29) is 112 Å². The Labute approximate surface area is 452 Å². The Morgan fingerprint density at radius 3 is 1.59 bits per heavy atom. The molecule has 0 spiro atoms. The highest BCUT2D eigenvalue weighted by Gasteiger charge is 2.30. The van der Waals surface area contributed by atoms with Crippen molar-refractivity contribution in [3.63, 3.8) is 0 Å². The van der Waals surface area contributed by atoms with E-state index in [2.05, 4.69) is 21.3 Å². The zero-order valence-electron chi connectivity index (χ0n) is 43.4. The highest BCUT2D eigenvalue weighted by Crippen LogP contribution is 2.35. The number of aliphatic carboxylic acids is 2. The zero-order valence-corrected chi connectivity index (χ0v) is 45.7. The predicted molar refractivity (Wildman–Crippen MR) is 279 cm³/mol. The molecule has 0 unspecified atom stereocenters. The topological polar surface area (TPSA) is 309 Å². The standard InChI is InChI=1S/C51H82Cl2N4O17S/c52-40-33-41(53)49(43(34-40)75(67,68)69)74-48(63)37-73-32-30-71-28-26-55-46(60)36-72-31-29-70-27-25-54-45(59)24-23-42(51(65)66)57-50(64)39-21-19-38(20-22-39)35-56-44(58)17-15-13-11-9-7-5-3-1-2-4-6-8-10-12-14-16-18-47(61)62/h33-34,38-39,42H,1-32,35-37H2,(H,54,59)(H,55,60)(H,56,58)(H,57,64)(H,61,62)(H,65,66)(H,67,68,69)/t38?,39?,42-/m0/s1. The molecule has 0 bridgehead atoms. The normalized spacial score (nSPS) is 14.9. The third kappa shape index (κ3) is 34.3. The van der Waals surface area contributed by atoms with Crippen LogP contribution in [0.4, 0.5) is 0 Å². The summed E-state index contributed by atoms with van der Waals surface area (Å²) in [6.07, 6.45) is 21.9. The molecule has 428 valence electrons. The van der Waals surface area contributed by atoms with Gasteiger partial charge in [0.2, 0.25) is 23.6 Å². The number of benzene rings is 1. The fraction of sp³-hybridized carbons (Fsp3) is 0.745. The molecule has 1 aromatic carbocycles. The van der Waals surface area contributed by atoms with Crippen molar-refractivity contribution in [2.75, 3.05) is 72.5 Å². The van der Waals surface area contributed by atoms with E-state index in [1.54, 1.807) is 0 Å². The summed E-state index contributed by atoms with van der Waals surface area (Å²) in [6.45, 7) is 0.591. The van der Waals surface area contributed by atoms with Crippen LogP contribution in [0.25, 0.3) is 0 Å². The summed E-state index contributed by atoms with van der Waals surface area (Å²) in [4.78, 5) is 83.6. The fourth-order valence-corrected chi connectivity index (χ4v) is 9.54. The van der Waals surface area contributed by atoms with Crippen molar-refractivity contribution in [3.05, 3.63) is 22.2 Å². The zero-order chi connectivity index (χ0) is 55.1. The van der Waals surface area contributed by atoms with Crippen molar-refractivity contribution in [1.29, 1.82) is 0 Å². The van der Waals surface area contributed by atoms with Crippen LogP contribution in [0.1, 0.15) is 154 Å². The molecule has 1 aliphatic carbocycles. The maximum atomic E-state index is 13.0. The quantitative estimate of drug-likeness (QED) is 0.0152. The van der Waals surface area contributed by atoms with E-state index in [4.69, 9.17) is 52.0 Å². The summed E-state index contributed by atoms with van der Waals surface area (Å²) in [7, 11) is -4.79. The van der Waals surface area contributed by atoms with E-state index in [1.165, 1.54) is 64.2 Å². The van der Waals surface area contributed by atoms with Gasteiger partial charge in [-0.2, -0.15) is 8.42 Å². The first-order valence-corrected chi connectivity index (χ1v) is 28.7. The second kappa shape index (κ2) is 41.0. The maximum Gasteiger partial charge on any atom is 0.337 e. The first-order valence-electron chi connectivity index (χ1n) is 26.5. The second-order valence-electron chi connectivity index (χ2n) is 18.7. The molecule has 1 saturated carbocycles. The number of hydrogen-bond acceptors (Lipinski definition) is 14. The summed E-state index contributed by atoms with van der Waals surface area (Å²) in [6, 6.07) is 0.794. The van der Waals surface area contributed by atoms with Gasteiger partial charge < -0.3 is 55.2 Å². The van der Waals surface area contributed by atoms with Gasteiger partial charge in [0.15, 0.2) is 5.75 Å². The van der Waals surface area contributed by atoms with Gasteiger partial charge in [0, 0.05) is 49.8 Å². The molecule has 21 nitrogen and oxygen atoms in total. The Kier molecular flexibility index (Phi) is 36.6. The van der Waals surface area contributed by atoms with Crippen LogP contribution < -0.4 is 26.0 Å². The molecule has 0 aliphatic heterocycles. The van der Waals surface area contributed by atoms with E-state index < -0.39 is 63.1 Å². The number of carbonyl (C=O) groups is 7. The number of carbonyl (C=O) groups excluding carboxylic acids is 5. The number of nitrogens with one attached hydrogen (secondary N) is 4. The number of hydrogen-bond donors (Lipinski definition) is 7. The minimum atomic E-state index is -4.79. The molecule has 1 atom stereocenters. The van der Waals surface area contributed by atoms with Gasteiger partial charge in [0.25, 0.3) is 10.1 Å². The third-order valence-corrected chi connectivity index (χ3v) is 13.8. The molecule has 4 amide bonds. The van der Waals surface area contributed by atoms with Crippen LogP contribution in [0.15, 0.2) is 17.0 Å². The first kappa shape index (κ1) is 67.0. The van der Waals surface area contributed by atoms with Crippen LogP contribution in [0.2, 0.25) is 10.0 Å². The Morgan fingerprint density at radius 2 is 1.07 bits per heavy atom. The molecule has 75 heavy (non-hydrogen) atoms. The summed E-state index contributed by atoms with van der Waals surface area (Å²) in [5, 5.41) is 28.9. The number of rotatable bonds is 45. The van der Waals surface area contributed by atoms with E-state index in [1.807, 2.05) is 0 Å². The van der Waals surface area contributed by atoms with E-state index in [0.29, 0.717) is 25.8 Å². The monoisotopic (exact) mass is 1120 g/mol. The number of amides is 4. The Bertz CT molecular complexity index is 1970. The SMILES string of the molecule is O=C(O)CCCCCCCCCCCCCCCCCCC(=O)NCC1CCC(C(=O)N[C@@H](CCC(=O)NCCOCCOCC(=O)NCCOCCOCC(=O)Oc2c(Cl)cc(Cl)cc2S(=O)(=O)O)C(=O)O)CC1. The molecular weight excluding hydrogens is 1040 g/mol. The van der Waals surface area contributed by atoms with Crippen molar-refractivity contribution >= 4 is 74.9 Å². The van der Waals surface area contributed by atoms with E-state index in [0.717, 1.165) is 63.5 Å². The highest BCUT2D eigenvalue weighted by atomic mass is 35.5. The van der Waals surface area contributed by atoms with Crippen molar-refractivity contribution in [3.8, 4) is 5.75 Å². The first-order chi connectivity index (χ1) is 36.0. The number of carboxylic acid groups (broad SMARTS) is 2. The molecule has 0 radical (unpaired) electrons. The van der Waals surface area contributed by atoms with Gasteiger partial charge in [-0.25, -0.2) is 9.59 Å². The molecule has 0 heterocycles. The number of unbranched alkanes of at least 4 members (excludes halogenated alkanes) is 15. The predicted octanol–water partition coefficient (Wildman–Crippen LogP) is 6.82. The fourth-order valence-electron chi connectivity index (χ4n) is 8.23. The van der Waals surface area contributed by atoms with Gasteiger partial charge in [-0.05, 0) is 63.0 Å². The molecule has 1 aromatic rings. The minimum Gasteiger partial charge on any atom is -0.481 e. The molecule has 0 aromatic heterocycles. The van der Waals surface area contributed by atoms with Crippen LogP contribution >= 0.6 is 23.2 Å². The molecule has 1 fully saturated rings. The van der Waals surface area contributed by atoms with Crippen molar-refractivity contribution in [1.82, 2.24) is 21.3 Å². The Morgan fingerprint density at radius 1 is 0.587 bits per heavy atom. The van der Waals surface area contributed by atoms with Crippen LogP contribution in [0, 0.1) is 11.8 Å². The Hall–Kier alpha value is -4.16. The Balaban J connectivity index is 1.39. The van der Waals surface area contributed by atoms with Crippen molar-refractivity contribution in [2.45, 2.75) is 165 Å². The number of halogens is 2. The van der Waals surface area contributed by atoms with Crippen molar-refractivity contribution in [2.24, 2.45) is 11.8 Å². The van der Waals surface area contributed by atoms with Crippen LogP contribution in [0.5, 0.6) is 5.75 Å². The lowest BCUT2D eigenvalue weighted by Crippen LogP contribution is -2.45. The average Bonchev–Trinajstić information content (AvgIpc) is 3.36.